The van der Waals surface area contributed by atoms with Gasteiger partial charge in [0.15, 0.2) is 0 Å². The van der Waals surface area contributed by atoms with E-state index in [9.17, 15) is 14.9 Å². The molecular weight excluding hydrogens is 224 g/mol. The fraction of sp³-hybridized carbons (Fsp3) is 0. The maximum Gasteiger partial charge on any atom is 0.276 e. The third kappa shape index (κ3) is 2.28. The van der Waals surface area contributed by atoms with E-state index in [-0.39, 0.29) is 23.3 Å². The third-order valence-electron chi connectivity index (χ3n) is 2.12. The topological polar surface area (TPSA) is 111 Å². The van der Waals surface area contributed by atoms with E-state index in [1.54, 1.807) is 0 Å². The summed E-state index contributed by atoms with van der Waals surface area (Å²) < 4.78 is 0. The number of benzene rings is 1. The number of nitrogens with one attached hydrogen (secondary N) is 1. The predicted molar refractivity (Wildman–Crippen MR) is 60.8 cm³/mol. The second-order valence-electron chi connectivity index (χ2n) is 3.33. The van der Waals surface area contributed by atoms with E-state index in [1.807, 2.05) is 0 Å². The second kappa shape index (κ2) is 4.05. The Labute approximate surface area is 95.8 Å². The van der Waals surface area contributed by atoms with Crippen molar-refractivity contribution in [3.8, 4) is 0 Å². The van der Waals surface area contributed by atoms with Gasteiger partial charge in [0.2, 0.25) is 5.96 Å². The lowest BCUT2D eigenvalue weighted by atomic mass is 10.2. The van der Waals surface area contributed by atoms with Gasteiger partial charge in [-0.3, -0.25) is 20.2 Å². The molecule has 3 N–H and O–H groups in total. The summed E-state index contributed by atoms with van der Waals surface area (Å²) in [7, 11) is 0. The molecule has 1 amide bonds. The number of aliphatic imine (C=N–C) groups is 1. The molecule has 0 atom stereocenters. The molecule has 86 valence electrons. The third-order valence-corrected chi connectivity index (χ3v) is 2.12. The van der Waals surface area contributed by atoms with Gasteiger partial charge in [0.25, 0.3) is 11.6 Å². The Bertz CT molecular complexity index is 545. The van der Waals surface area contributed by atoms with Crippen molar-refractivity contribution in [1.29, 1.82) is 0 Å². The van der Waals surface area contributed by atoms with E-state index >= 15 is 0 Å². The van der Waals surface area contributed by atoms with E-state index in [0.717, 1.165) is 0 Å². The number of nitro benzene ring substituents is 1. The highest BCUT2D eigenvalue weighted by molar-refractivity contribution is 6.13. The van der Waals surface area contributed by atoms with Gasteiger partial charge in [0.05, 0.1) is 4.92 Å². The van der Waals surface area contributed by atoms with Gasteiger partial charge in [-0.25, -0.2) is 4.99 Å². The molecule has 1 heterocycles. The molecule has 0 bridgehead atoms. The average Bonchev–Trinajstić information content (AvgIpc) is 2.58. The number of nitrogens with two attached hydrogens (primary N) is 1. The molecule has 0 saturated heterocycles. The molecule has 0 spiro atoms. The van der Waals surface area contributed by atoms with E-state index in [1.165, 1.54) is 30.3 Å². The first-order chi connectivity index (χ1) is 8.06. The van der Waals surface area contributed by atoms with Crippen LogP contribution in [-0.4, -0.2) is 16.8 Å². The van der Waals surface area contributed by atoms with E-state index in [4.69, 9.17) is 5.73 Å². The molecule has 1 aliphatic rings. The molecule has 0 saturated carbocycles. The SMILES string of the molecule is NC1=N/C(=C/c2ccc([N+](=O)[O-])cc2)C(=O)N1. The molecule has 1 aliphatic heterocycles. The van der Waals surface area contributed by atoms with Crippen molar-refractivity contribution in [3.63, 3.8) is 0 Å². The van der Waals surface area contributed by atoms with E-state index < -0.39 is 4.92 Å². The quantitative estimate of drug-likeness (QED) is 0.436. The zero-order valence-corrected chi connectivity index (χ0v) is 8.58. The first-order valence-corrected chi connectivity index (χ1v) is 4.68. The van der Waals surface area contributed by atoms with Crippen LogP contribution in [0.25, 0.3) is 6.08 Å². The fourth-order valence-electron chi connectivity index (χ4n) is 1.34. The van der Waals surface area contributed by atoms with Crippen LogP contribution in [0.1, 0.15) is 5.56 Å². The molecule has 1 aromatic carbocycles. The van der Waals surface area contributed by atoms with Gasteiger partial charge >= 0.3 is 0 Å². The minimum Gasteiger partial charge on any atom is -0.369 e. The van der Waals surface area contributed by atoms with Gasteiger partial charge in [0, 0.05) is 12.1 Å². The van der Waals surface area contributed by atoms with Crippen molar-refractivity contribution in [3.05, 3.63) is 45.6 Å². The summed E-state index contributed by atoms with van der Waals surface area (Å²) >= 11 is 0. The van der Waals surface area contributed by atoms with Gasteiger partial charge in [-0.1, -0.05) is 0 Å². The number of non-ortho nitro benzene ring substituents is 1. The smallest absolute Gasteiger partial charge is 0.276 e. The number of carbonyl (C=O) groups excluding carboxylic acids is 1. The molecule has 0 aliphatic carbocycles. The van der Waals surface area contributed by atoms with Crippen LogP contribution in [0.2, 0.25) is 0 Å². The summed E-state index contributed by atoms with van der Waals surface area (Å²) in [5.74, 6) is -0.344. The zero-order valence-electron chi connectivity index (χ0n) is 8.58. The number of nitro groups is 1. The van der Waals surface area contributed by atoms with Crippen molar-refractivity contribution >= 4 is 23.6 Å². The van der Waals surface area contributed by atoms with Crippen LogP contribution >= 0.6 is 0 Å². The largest absolute Gasteiger partial charge is 0.369 e. The van der Waals surface area contributed by atoms with Crippen LogP contribution in [0.15, 0.2) is 35.0 Å². The molecule has 1 aromatic rings. The summed E-state index contributed by atoms with van der Waals surface area (Å²) in [5.41, 5.74) is 6.13. The number of guanidine groups is 1. The molecular formula is C10H8N4O3. The average molecular weight is 232 g/mol. The van der Waals surface area contributed by atoms with Crippen LogP contribution < -0.4 is 11.1 Å². The van der Waals surface area contributed by atoms with Crippen molar-refractivity contribution in [2.45, 2.75) is 0 Å². The summed E-state index contributed by atoms with van der Waals surface area (Å²) in [6.45, 7) is 0. The Morgan fingerprint density at radius 3 is 2.47 bits per heavy atom. The van der Waals surface area contributed by atoms with E-state index in [2.05, 4.69) is 10.3 Å². The standard InChI is InChI=1S/C10H8N4O3/c11-10-12-8(9(15)13-10)5-6-1-3-7(4-2-6)14(16)17/h1-5H,(H3,11,12,13,15)/b8-5+. The Kier molecular flexibility index (Phi) is 2.57. The number of amides is 1. The monoisotopic (exact) mass is 232 g/mol. The summed E-state index contributed by atoms with van der Waals surface area (Å²) in [4.78, 5) is 25.0. The summed E-state index contributed by atoms with van der Waals surface area (Å²) in [6.07, 6.45) is 1.50. The van der Waals surface area contributed by atoms with Crippen LogP contribution in [-0.2, 0) is 4.79 Å². The molecule has 0 radical (unpaired) electrons. The Morgan fingerprint density at radius 1 is 1.35 bits per heavy atom. The lowest BCUT2D eigenvalue weighted by molar-refractivity contribution is -0.384. The summed E-state index contributed by atoms with van der Waals surface area (Å²) in [6, 6.07) is 5.77. The van der Waals surface area contributed by atoms with Crippen LogP contribution in [0, 0.1) is 10.1 Å². The zero-order chi connectivity index (χ0) is 12.4. The number of carbonyl (C=O) groups is 1. The lowest BCUT2D eigenvalue weighted by Crippen LogP contribution is -2.30. The minimum absolute atomic E-state index is 0.00830. The van der Waals surface area contributed by atoms with Gasteiger partial charge in [-0.15, -0.1) is 0 Å². The second-order valence-corrected chi connectivity index (χ2v) is 3.33. The maximum atomic E-state index is 11.3. The lowest BCUT2D eigenvalue weighted by Gasteiger charge is -1.94. The summed E-state index contributed by atoms with van der Waals surface area (Å²) in [5, 5.41) is 12.8. The van der Waals surface area contributed by atoms with Crippen LogP contribution in [0.5, 0.6) is 0 Å². The van der Waals surface area contributed by atoms with Crippen molar-refractivity contribution < 1.29 is 9.72 Å². The Morgan fingerprint density at radius 2 is 2.00 bits per heavy atom. The van der Waals surface area contributed by atoms with E-state index in [0.29, 0.717) is 5.56 Å². The molecule has 0 fully saturated rings. The number of hydrogen-bond acceptors (Lipinski definition) is 5. The molecule has 2 rings (SSSR count). The van der Waals surface area contributed by atoms with Gasteiger partial charge in [-0.05, 0) is 23.8 Å². The number of rotatable bonds is 2. The first kappa shape index (κ1) is 10.8. The fourth-order valence-corrected chi connectivity index (χ4v) is 1.34. The molecule has 0 unspecified atom stereocenters. The van der Waals surface area contributed by atoms with Crippen molar-refractivity contribution in [1.82, 2.24) is 5.32 Å². The van der Waals surface area contributed by atoms with Crippen molar-refractivity contribution in [2.24, 2.45) is 10.7 Å². The Balaban J connectivity index is 2.28. The highest BCUT2D eigenvalue weighted by Gasteiger charge is 2.17. The molecule has 17 heavy (non-hydrogen) atoms. The Hall–Kier alpha value is -2.70. The van der Waals surface area contributed by atoms with Crippen LogP contribution in [0.3, 0.4) is 0 Å². The normalized spacial score (nSPS) is 16.8. The minimum atomic E-state index is -0.491. The maximum absolute atomic E-state index is 11.3. The number of hydrogen-bond donors (Lipinski definition) is 2. The van der Waals surface area contributed by atoms with Crippen LogP contribution in [0.4, 0.5) is 5.69 Å². The first-order valence-electron chi connectivity index (χ1n) is 4.68. The molecule has 7 heteroatoms. The highest BCUT2D eigenvalue weighted by atomic mass is 16.6. The van der Waals surface area contributed by atoms with Gasteiger partial charge in [0.1, 0.15) is 5.70 Å². The highest BCUT2D eigenvalue weighted by Crippen LogP contribution is 2.15. The van der Waals surface area contributed by atoms with Crippen molar-refractivity contribution in [2.75, 3.05) is 0 Å². The molecule has 0 aromatic heterocycles. The molecule has 7 nitrogen and oxygen atoms in total. The number of nitrogens with zero attached hydrogens (tertiary/aromatic N) is 2. The van der Waals surface area contributed by atoms with Gasteiger partial charge < -0.3 is 5.73 Å². The van der Waals surface area contributed by atoms with Gasteiger partial charge in [-0.2, -0.15) is 0 Å². The predicted octanol–water partition coefficient (Wildman–Crippen LogP) is 0.380.